The van der Waals surface area contributed by atoms with Gasteiger partial charge in [-0.2, -0.15) is 5.10 Å². The quantitative estimate of drug-likeness (QED) is 0.734. The Morgan fingerprint density at radius 3 is 3.07 bits per heavy atom. The van der Waals surface area contributed by atoms with Crippen molar-refractivity contribution in [2.45, 2.75) is 39.3 Å². The van der Waals surface area contributed by atoms with Gasteiger partial charge in [0.2, 0.25) is 5.91 Å². The van der Waals surface area contributed by atoms with Crippen LogP contribution in [0.3, 0.4) is 0 Å². The van der Waals surface area contributed by atoms with Gasteiger partial charge in [0.05, 0.1) is 11.9 Å². The number of anilines is 1. The Morgan fingerprint density at radius 2 is 2.47 bits per heavy atom. The van der Waals surface area contributed by atoms with Crippen LogP contribution in [0.4, 0.5) is 5.69 Å². The highest BCUT2D eigenvalue weighted by atomic mass is 16.1. The number of aromatic nitrogens is 2. The Hall–Kier alpha value is -1.52. The van der Waals surface area contributed by atoms with E-state index in [1.807, 2.05) is 0 Å². The van der Waals surface area contributed by atoms with E-state index < -0.39 is 0 Å². The molecule has 15 heavy (non-hydrogen) atoms. The van der Waals surface area contributed by atoms with Crippen LogP contribution in [-0.2, 0) is 11.3 Å². The fourth-order valence-corrected chi connectivity index (χ4v) is 1.47. The summed E-state index contributed by atoms with van der Waals surface area (Å²) in [5.74, 6) is -0.383. The molecule has 0 fully saturated rings. The van der Waals surface area contributed by atoms with Crippen LogP contribution in [0, 0.1) is 0 Å². The largest absolute Gasteiger partial charge is 0.380 e. The Morgan fingerprint density at radius 1 is 1.73 bits per heavy atom. The van der Waals surface area contributed by atoms with Crippen molar-refractivity contribution in [3.63, 3.8) is 0 Å². The molecule has 1 heterocycles. The monoisotopic (exact) mass is 210 g/mol. The number of rotatable bonds is 6. The average Bonchev–Trinajstić information content (AvgIpc) is 2.51. The number of hydrogen-bond acceptors (Lipinski definition) is 3. The minimum atomic E-state index is -0.383. The third kappa shape index (κ3) is 4.01. The molecular formula is C10H18N4O. The lowest BCUT2D eigenvalue weighted by molar-refractivity contribution is -0.118. The Kier molecular flexibility index (Phi) is 4.15. The van der Waals surface area contributed by atoms with Gasteiger partial charge in [-0.15, -0.1) is 0 Å². The second-order valence-electron chi connectivity index (χ2n) is 3.73. The lowest BCUT2D eigenvalue weighted by atomic mass is 10.2. The van der Waals surface area contributed by atoms with Gasteiger partial charge in [0.15, 0.2) is 0 Å². The molecule has 0 saturated carbocycles. The summed E-state index contributed by atoms with van der Waals surface area (Å²) < 4.78 is 1.53. The average molecular weight is 210 g/mol. The maximum absolute atomic E-state index is 10.6. The molecule has 0 aromatic carbocycles. The standard InChI is InChI=1S/C10H18N4O/c1-3-4-8(2)13-9-5-12-14(6-9)7-10(11)15/h5-6,8,13H,3-4,7H2,1-2H3,(H2,11,15). The first-order valence-corrected chi connectivity index (χ1v) is 5.19. The minimum absolute atomic E-state index is 0.129. The summed E-state index contributed by atoms with van der Waals surface area (Å²) in [6, 6.07) is 0.418. The van der Waals surface area contributed by atoms with Gasteiger partial charge in [-0.05, 0) is 13.3 Å². The highest BCUT2D eigenvalue weighted by Crippen LogP contribution is 2.09. The lowest BCUT2D eigenvalue weighted by Gasteiger charge is -2.11. The van der Waals surface area contributed by atoms with Gasteiger partial charge in [0.25, 0.3) is 0 Å². The van der Waals surface area contributed by atoms with Crippen LogP contribution in [0.25, 0.3) is 0 Å². The zero-order valence-electron chi connectivity index (χ0n) is 9.23. The van der Waals surface area contributed by atoms with E-state index in [1.165, 1.54) is 4.68 Å². The fourth-order valence-electron chi connectivity index (χ4n) is 1.47. The molecule has 84 valence electrons. The topological polar surface area (TPSA) is 72.9 Å². The van der Waals surface area contributed by atoms with Crippen LogP contribution in [0.1, 0.15) is 26.7 Å². The maximum atomic E-state index is 10.6. The van der Waals surface area contributed by atoms with Crippen molar-refractivity contribution < 1.29 is 4.79 Å². The molecule has 5 nitrogen and oxygen atoms in total. The predicted molar refractivity (Wildman–Crippen MR) is 59.4 cm³/mol. The lowest BCUT2D eigenvalue weighted by Crippen LogP contribution is -2.19. The van der Waals surface area contributed by atoms with Gasteiger partial charge in [0.1, 0.15) is 6.54 Å². The number of nitrogens with zero attached hydrogens (tertiary/aromatic N) is 2. The molecule has 0 aliphatic rings. The number of nitrogens with two attached hydrogens (primary N) is 1. The van der Waals surface area contributed by atoms with Crippen LogP contribution in [0.15, 0.2) is 12.4 Å². The number of nitrogens with one attached hydrogen (secondary N) is 1. The predicted octanol–water partition coefficient (Wildman–Crippen LogP) is 0.969. The third-order valence-corrected chi connectivity index (χ3v) is 2.09. The molecule has 0 saturated heterocycles. The first kappa shape index (κ1) is 11.6. The second-order valence-corrected chi connectivity index (χ2v) is 3.73. The number of hydrogen-bond donors (Lipinski definition) is 2. The van der Waals surface area contributed by atoms with Crippen LogP contribution in [0.2, 0.25) is 0 Å². The Bertz CT molecular complexity index is 321. The molecule has 0 aliphatic heterocycles. The SMILES string of the molecule is CCCC(C)Nc1cnn(CC(N)=O)c1. The number of primary amides is 1. The molecule has 0 aliphatic carbocycles. The van der Waals surface area contributed by atoms with Gasteiger partial charge in [0, 0.05) is 12.2 Å². The zero-order chi connectivity index (χ0) is 11.3. The molecule has 0 spiro atoms. The van der Waals surface area contributed by atoms with Crippen molar-refractivity contribution in [2.24, 2.45) is 5.73 Å². The molecule has 1 aromatic heterocycles. The van der Waals surface area contributed by atoms with E-state index in [-0.39, 0.29) is 12.5 Å². The minimum Gasteiger partial charge on any atom is -0.380 e. The highest BCUT2D eigenvalue weighted by molar-refractivity contribution is 5.73. The van der Waals surface area contributed by atoms with Gasteiger partial charge >= 0.3 is 0 Å². The van der Waals surface area contributed by atoms with Crippen LogP contribution >= 0.6 is 0 Å². The van der Waals surface area contributed by atoms with E-state index >= 15 is 0 Å². The summed E-state index contributed by atoms with van der Waals surface area (Å²) in [5.41, 5.74) is 5.99. The first-order chi connectivity index (χ1) is 7.11. The molecule has 1 rings (SSSR count). The molecule has 5 heteroatoms. The first-order valence-electron chi connectivity index (χ1n) is 5.19. The summed E-state index contributed by atoms with van der Waals surface area (Å²) in [6.45, 7) is 4.40. The number of amides is 1. The van der Waals surface area contributed by atoms with E-state index in [0.29, 0.717) is 6.04 Å². The van der Waals surface area contributed by atoms with Crippen LogP contribution in [0.5, 0.6) is 0 Å². The van der Waals surface area contributed by atoms with Crippen molar-refractivity contribution in [3.05, 3.63) is 12.4 Å². The number of carbonyl (C=O) groups excluding carboxylic acids is 1. The Balaban J connectivity index is 2.48. The van der Waals surface area contributed by atoms with Crippen molar-refractivity contribution in [1.82, 2.24) is 9.78 Å². The van der Waals surface area contributed by atoms with Crippen molar-refractivity contribution in [2.75, 3.05) is 5.32 Å². The zero-order valence-corrected chi connectivity index (χ0v) is 9.23. The number of carbonyl (C=O) groups is 1. The van der Waals surface area contributed by atoms with Crippen molar-refractivity contribution in [3.8, 4) is 0 Å². The van der Waals surface area contributed by atoms with Gasteiger partial charge in [-0.1, -0.05) is 13.3 Å². The second kappa shape index (κ2) is 5.38. The normalized spacial score (nSPS) is 12.4. The van der Waals surface area contributed by atoms with E-state index in [9.17, 15) is 4.79 Å². The fraction of sp³-hybridized carbons (Fsp3) is 0.600. The molecular weight excluding hydrogens is 192 g/mol. The summed E-state index contributed by atoms with van der Waals surface area (Å²) >= 11 is 0. The van der Waals surface area contributed by atoms with Gasteiger partial charge in [-0.3, -0.25) is 9.48 Å². The van der Waals surface area contributed by atoms with Crippen LogP contribution < -0.4 is 11.1 Å². The maximum Gasteiger partial charge on any atom is 0.239 e. The molecule has 1 amide bonds. The van der Waals surface area contributed by atoms with Crippen molar-refractivity contribution in [1.29, 1.82) is 0 Å². The molecule has 1 unspecified atom stereocenters. The summed E-state index contributed by atoms with van der Waals surface area (Å²) in [6.07, 6.45) is 5.75. The van der Waals surface area contributed by atoms with Gasteiger partial charge in [-0.25, -0.2) is 0 Å². The third-order valence-electron chi connectivity index (χ3n) is 2.09. The van der Waals surface area contributed by atoms with E-state index in [4.69, 9.17) is 5.73 Å². The van der Waals surface area contributed by atoms with Gasteiger partial charge < -0.3 is 11.1 Å². The highest BCUT2D eigenvalue weighted by Gasteiger charge is 2.04. The smallest absolute Gasteiger partial charge is 0.239 e. The molecule has 0 bridgehead atoms. The van der Waals surface area contributed by atoms with E-state index in [2.05, 4.69) is 24.3 Å². The van der Waals surface area contributed by atoms with Crippen LogP contribution in [-0.4, -0.2) is 21.7 Å². The molecule has 1 atom stereocenters. The van der Waals surface area contributed by atoms with E-state index in [0.717, 1.165) is 18.5 Å². The summed E-state index contributed by atoms with van der Waals surface area (Å²) in [7, 11) is 0. The van der Waals surface area contributed by atoms with Crippen molar-refractivity contribution >= 4 is 11.6 Å². The summed E-state index contributed by atoms with van der Waals surface area (Å²) in [4.78, 5) is 10.6. The molecule has 1 aromatic rings. The molecule has 3 N–H and O–H groups in total. The summed E-state index contributed by atoms with van der Waals surface area (Å²) in [5, 5.41) is 7.32. The van der Waals surface area contributed by atoms with E-state index in [1.54, 1.807) is 12.4 Å². The Labute approximate surface area is 89.6 Å². The molecule has 0 radical (unpaired) electrons.